The van der Waals surface area contributed by atoms with E-state index in [1.165, 1.54) is 6.07 Å². The second-order valence-electron chi connectivity index (χ2n) is 4.72. The number of halogens is 1. The molecule has 1 heterocycles. The van der Waals surface area contributed by atoms with Crippen LogP contribution in [0.4, 0.5) is 4.39 Å². The van der Waals surface area contributed by atoms with Gasteiger partial charge in [-0.1, -0.05) is 12.1 Å². The molecular formula is C15H18FN3. The van der Waals surface area contributed by atoms with Crippen molar-refractivity contribution in [2.24, 2.45) is 5.84 Å². The van der Waals surface area contributed by atoms with E-state index in [-0.39, 0.29) is 11.9 Å². The van der Waals surface area contributed by atoms with Crippen LogP contribution in [0.2, 0.25) is 0 Å². The lowest BCUT2D eigenvalue weighted by Gasteiger charge is -2.19. The summed E-state index contributed by atoms with van der Waals surface area (Å²) in [6.07, 6.45) is 2.28. The van der Waals surface area contributed by atoms with Crippen LogP contribution < -0.4 is 11.3 Å². The van der Waals surface area contributed by atoms with E-state index in [2.05, 4.69) is 10.4 Å². The molecule has 1 unspecified atom stereocenters. The Hall–Kier alpha value is -1.78. The SMILES string of the molecule is Cc1cc(C)c(C(Cc2ccccn2)NN)c(F)c1. The summed E-state index contributed by atoms with van der Waals surface area (Å²) >= 11 is 0. The Bertz CT molecular complexity index is 532. The average molecular weight is 259 g/mol. The van der Waals surface area contributed by atoms with Crippen molar-refractivity contribution in [1.29, 1.82) is 0 Å². The summed E-state index contributed by atoms with van der Waals surface area (Å²) in [5.74, 6) is 5.36. The zero-order valence-electron chi connectivity index (χ0n) is 11.2. The fourth-order valence-electron chi connectivity index (χ4n) is 2.34. The molecule has 0 aliphatic carbocycles. The molecule has 1 atom stereocenters. The topological polar surface area (TPSA) is 50.9 Å². The number of nitrogens with two attached hydrogens (primary N) is 1. The summed E-state index contributed by atoms with van der Waals surface area (Å²) in [6, 6.07) is 8.88. The van der Waals surface area contributed by atoms with Crippen molar-refractivity contribution in [3.63, 3.8) is 0 Å². The fourth-order valence-corrected chi connectivity index (χ4v) is 2.34. The molecule has 0 bridgehead atoms. The van der Waals surface area contributed by atoms with Crippen molar-refractivity contribution in [2.45, 2.75) is 26.3 Å². The molecule has 0 saturated heterocycles. The summed E-state index contributed by atoms with van der Waals surface area (Å²) in [5.41, 5.74) is 5.99. The van der Waals surface area contributed by atoms with E-state index in [1.807, 2.05) is 38.1 Å². The summed E-state index contributed by atoms with van der Waals surface area (Å²) in [7, 11) is 0. The zero-order chi connectivity index (χ0) is 13.8. The highest BCUT2D eigenvalue weighted by Gasteiger charge is 2.18. The van der Waals surface area contributed by atoms with Crippen LogP contribution in [0.25, 0.3) is 0 Å². The summed E-state index contributed by atoms with van der Waals surface area (Å²) in [5, 5.41) is 0. The Morgan fingerprint density at radius 3 is 2.68 bits per heavy atom. The first-order valence-electron chi connectivity index (χ1n) is 6.24. The second-order valence-corrected chi connectivity index (χ2v) is 4.72. The second kappa shape index (κ2) is 5.91. The Morgan fingerprint density at radius 1 is 1.32 bits per heavy atom. The molecule has 19 heavy (non-hydrogen) atoms. The van der Waals surface area contributed by atoms with Gasteiger partial charge in [0.2, 0.25) is 0 Å². The molecule has 2 rings (SSSR count). The maximum Gasteiger partial charge on any atom is 0.128 e. The molecule has 100 valence electrons. The maximum atomic E-state index is 14.1. The van der Waals surface area contributed by atoms with Crippen LogP contribution in [0.15, 0.2) is 36.5 Å². The van der Waals surface area contributed by atoms with Crippen LogP contribution >= 0.6 is 0 Å². The van der Waals surface area contributed by atoms with Gasteiger partial charge in [-0.05, 0) is 43.2 Å². The van der Waals surface area contributed by atoms with Crippen molar-refractivity contribution in [1.82, 2.24) is 10.4 Å². The number of nitrogens with zero attached hydrogens (tertiary/aromatic N) is 1. The summed E-state index contributed by atoms with van der Waals surface area (Å²) in [4.78, 5) is 4.25. The molecule has 3 nitrogen and oxygen atoms in total. The Kier molecular flexibility index (Phi) is 4.24. The minimum absolute atomic E-state index is 0.226. The van der Waals surface area contributed by atoms with E-state index in [1.54, 1.807) is 6.20 Å². The predicted molar refractivity (Wildman–Crippen MR) is 73.9 cm³/mol. The number of nitrogens with one attached hydrogen (secondary N) is 1. The predicted octanol–water partition coefficient (Wildman–Crippen LogP) is 2.58. The quantitative estimate of drug-likeness (QED) is 0.655. The van der Waals surface area contributed by atoms with Crippen molar-refractivity contribution in [2.75, 3.05) is 0 Å². The van der Waals surface area contributed by atoms with Crippen molar-refractivity contribution >= 4 is 0 Å². The van der Waals surface area contributed by atoms with E-state index in [9.17, 15) is 4.39 Å². The van der Waals surface area contributed by atoms with E-state index in [4.69, 9.17) is 5.84 Å². The molecule has 1 aromatic carbocycles. The van der Waals surface area contributed by atoms with Crippen molar-refractivity contribution < 1.29 is 4.39 Å². The minimum Gasteiger partial charge on any atom is -0.271 e. The van der Waals surface area contributed by atoms with Gasteiger partial charge >= 0.3 is 0 Å². The van der Waals surface area contributed by atoms with Crippen LogP contribution in [-0.4, -0.2) is 4.98 Å². The molecular weight excluding hydrogens is 241 g/mol. The van der Waals surface area contributed by atoms with Crippen molar-refractivity contribution in [3.05, 3.63) is 64.7 Å². The monoisotopic (exact) mass is 259 g/mol. The van der Waals surface area contributed by atoms with Gasteiger partial charge in [-0.2, -0.15) is 0 Å². The van der Waals surface area contributed by atoms with Gasteiger partial charge in [-0.3, -0.25) is 16.3 Å². The van der Waals surface area contributed by atoms with Gasteiger partial charge in [0.15, 0.2) is 0 Å². The first-order chi connectivity index (χ1) is 9.11. The van der Waals surface area contributed by atoms with E-state index >= 15 is 0 Å². The molecule has 0 saturated carbocycles. The molecule has 1 aromatic heterocycles. The van der Waals surface area contributed by atoms with Crippen molar-refractivity contribution in [3.8, 4) is 0 Å². The van der Waals surface area contributed by atoms with Gasteiger partial charge in [-0.25, -0.2) is 4.39 Å². The number of aromatic nitrogens is 1. The molecule has 0 fully saturated rings. The summed E-state index contributed by atoms with van der Waals surface area (Å²) in [6.45, 7) is 3.78. The third-order valence-electron chi connectivity index (χ3n) is 3.17. The normalized spacial score (nSPS) is 12.4. The lowest BCUT2D eigenvalue weighted by atomic mass is 9.95. The zero-order valence-corrected chi connectivity index (χ0v) is 11.2. The number of hydrogen-bond acceptors (Lipinski definition) is 3. The average Bonchev–Trinajstić information content (AvgIpc) is 2.37. The Morgan fingerprint density at radius 2 is 2.11 bits per heavy atom. The molecule has 2 aromatic rings. The van der Waals surface area contributed by atoms with Gasteiger partial charge in [0.1, 0.15) is 5.82 Å². The number of hydrazine groups is 1. The van der Waals surface area contributed by atoms with Crippen LogP contribution in [0, 0.1) is 19.7 Å². The Labute approximate surface area is 112 Å². The van der Waals surface area contributed by atoms with Gasteiger partial charge in [0.25, 0.3) is 0 Å². The maximum absolute atomic E-state index is 14.1. The third-order valence-corrected chi connectivity index (χ3v) is 3.17. The van der Waals surface area contributed by atoms with E-state index in [0.717, 1.165) is 16.8 Å². The lowest BCUT2D eigenvalue weighted by molar-refractivity contribution is 0.503. The van der Waals surface area contributed by atoms with Gasteiger partial charge in [0.05, 0.1) is 6.04 Å². The van der Waals surface area contributed by atoms with E-state index < -0.39 is 0 Å². The number of aryl methyl sites for hydroxylation is 2. The van der Waals surface area contributed by atoms with Gasteiger partial charge in [0, 0.05) is 23.9 Å². The molecule has 0 spiro atoms. The molecule has 0 radical (unpaired) electrons. The summed E-state index contributed by atoms with van der Waals surface area (Å²) < 4.78 is 14.1. The first kappa shape index (κ1) is 13.6. The highest BCUT2D eigenvalue weighted by molar-refractivity contribution is 5.35. The van der Waals surface area contributed by atoms with Gasteiger partial charge in [-0.15, -0.1) is 0 Å². The Balaban J connectivity index is 2.32. The molecule has 0 amide bonds. The lowest BCUT2D eigenvalue weighted by Crippen LogP contribution is -2.31. The number of hydrogen-bond donors (Lipinski definition) is 2. The van der Waals surface area contributed by atoms with Crippen LogP contribution in [0.3, 0.4) is 0 Å². The highest BCUT2D eigenvalue weighted by Crippen LogP contribution is 2.24. The van der Waals surface area contributed by atoms with Gasteiger partial charge < -0.3 is 0 Å². The van der Waals surface area contributed by atoms with Crippen LogP contribution in [-0.2, 0) is 6.42 Å². The van der Waals surface area contributed by atoms with Crippen LogP contribution in [0.1, 0.15) is 28.4 Å². The van der Waals surface area contributed by atoms with Crippen LogP contribution in [0.5, 0.6) is 0 Å². The third kappa shape index (κ3) is 3.16. The number of benzene rings is 1. The molecule has 0 aliphatic heterocycles. The molecule has 0 aliphatic rings. The molecule has 4 heteroatoms. The largest absolute Gasteiger partial charge is 0.271 e. The van der Waals surface area contributed by atoms with E-state index in [0.29, 0.717) is 12.0 Å². The standard InChI is InChI=1S/C15H18FN3/c1-10-7-11(2)15(13(16)8-10)14(19-17)9-12-5-3-4-6-18-12/h3-8,14,19H,9,17H2,1-2H3. The fraction of sp³-hybridized carbons (Fsp3) is 0.267. The highest BCUT2D eigenvalue weighted by atomic mass is 19.1. The molecule has 3 N–H and O–H groups in total. The first-order valence-corrected chi connectivity index (χ1v) is 6.24. The minimum atomic E-state index is -0.282. The number of rotatable bonds is 4. The number of pyridine rings is 1. The smallest absolute Gasteiger partial charge is 0.128 e.